The van der Waals surface area contributed by atoms with E-state index in [9.17, 15) is 5.11 Å². The van der Waals surface area contributed by atoms with Crippen molar-refractivity contribution in [2.45, 2.75) is 31.9 Å². The minimum absolute atomic E-state index is 0.155. The van der Waals surface area contributed by atoms with Crippen LogP contribution in [0.25, 0.3) is 0 Å². The smallest absolute Gasteiger partial charge is 0.240 e. The van der Waals surface area contributed by atoms with Crippen molar-refractivity contribution in [3.05, 3.63) is 72.3 Å². The fourth-order valence-electron chi connectivity index (χ4n) is 2.38. The standard InChI is InChI=1S/C19H24O3Si/c1-5-14-23(4)22-21-18-12-8-16(9-13-18)19(2,3)15-6-10-17(20)11-7-15/h5-13,20,23H,1,14H2,2-4H3. The van der Waals surface area contributed by atoms with Crippen molar-refractivity contribution in [1.82, 2.24) is 0 Å². The van der Waals surface area contributed by atoms with Gasteiger partial charge in [0.2, 0.25) is 9.04 Å². The van der Waals surface area contributed by atoms with Gasteiger partial charge in [0.25, 0.3) is 0 Å². The van der Waals surface area contributed by atoms with Crippen molar-refractivity contribution in [1.29, 1.82) is 0 Å². The molecular formula is C19H24O3Si. The van der Waals surface area contributed by atoms with Gasteiger partial charge in [-0.3, -0.25) is 0 Å². The largest absolute Gasteiger partial charge is 0.508 e. The lowest BCUT2D eigenvalue weighted by atomic mass is 9.78. The first-order valence-electron chi connectivity index (χ1n) is 7.77. The van der Waals surface area contributed by atoms with Gasteiger partial charge in [-0.25, -0.2) is 4.58 Å². The maximum atomic E-state index is 9.44. The molecule has 2 rings (SSSR count). The zero-order chi connectivity index (χ0) is 16.9. The maximum Gasteiger partial charge on any atom is 0.240 e. The van der Waals surface area contributed by atoms with E-state index in [0.717, 1.165) is 11.6 Å². The first-order valence-corrected chi connectivity index (χ1v) is 10.2. The van der Waals surface area contributed by atoms with E-state index in [-0.39, 0.29) is 11.2 Å². The zero-order valence-corrected chi connectivity index (χ0v) is 15.1. The van der Waals surface area contributed by atoms with E-state index in [1.54, 1.807) is 12.1 Å². The molecule has 2 aromatic rings. The molecule has 0 saturated carbocycles. The predicted molar refractivity (Wildman–Crippen MR) is 96.4 cm³/mol. The molecule has 1 unspecified atom stereocenters. The lowest BCUT2D eigenvalue weighted by Crippen LogP contribution is -2.19. The van der Waals surface area contributed by atoms with Gasteiger partial charge in [-0.2, -0.15) is 0 Å². The van der Waals surface area contributed by atoms with Crippen LogP contribution in [0.4, 0.5) is 0 Å². The van der Waals surface area contributed by atoms with Gasteiger partial charge in [-0.05, 0) is 48.0 Å². The average molecular weight is 328 g/mol. The molecule has 122 valence electrons. The monoisotopic (exact) mass is 328 g/mol. The summed E-state index contributed by atoms with van der Waals surface area (Å²) in [5.41, 5.74) is 2.16. The van der Waals surface area contributed by atoms with Gasteiger partial charge in [0.05, 0.1) is 0 Å². The molecule has 0 aromatic heterocycles. The van der Waals surface area contributed by atoms with Gasteiger partial charge >= 0.3 is 0 Å². The van der Waals surface area contributed by atoms with E-state index in [1.807, 2.05) is 42.5 Å². The number of allylic oxidation sites excluding steroid dienone is 1. The zero-order valence-electron chi connectivity index (χ0n) is 14.0. The second-order valence-electron chi connectivity index (χ2n) is 6.21. The van der Waals surface area contributed by atoms with Gasteiger partial charge in [-0.15, -0.1) is 6.58 Å². The van der Waals surface area contributed by atoms with Crippen molar-refractivity contribution in [2.24, 2.45) is 0 Å². The number of rotatable bonds is 7. The van der Waals surface area contributed by atoms with Gasteiger partial charge in [0.1, 0.15) is 5.75 Å². The van der Waals surface area contributed by atoms with Gasteiger partial charge in [-0.1, -0.05) is 44.2 Å². The number of hydrogen-bond acceptors (Lipinski definition) is 3. The predicted octanol–water partition coefficient (Wildman–Crippen LogP) is 4.57. The number of phenols is 1. The molecule has 1 N–H and O–H groups in total. The second-order valence-corrected chi connectivity index (χ2v) is 8.50. The van der Waals surface area contributed by atoms with Crippen molar-refractivity contribution in [3.63, 3.8) is 0 Å². The summed E-state index contributed by atoms with van der Waals surface area (Å²) in [4.78, 5) is 5.39. The van der Waals surface area contributed by atoms with Crippen LogP contribution in [0.3, 0.4) is 0 Å². The molecule has 0 fully saturated rings. The fourth-order valence-corrected chi connectivity index (χ4v) is 3.21. The lowest BCUT2D eigenvalue weighted by molar-refractivity contribution is -0.105. The molecule has 0 aliphatic carbocycles. The Hall–Kier alpha value is -2.04. The minimum Gasteiger partial charge on any atom is -0.508 e. The summed E-state index contributed by atoms with van der Waals surface area (Å²) in [6.45, 7) is 10.1. The molecule has 0 radical (unpaired) electrons. The van der Waals surface area contributed by atoms with Crippen LogP contribution in [0.15, 0.2) is 61.2 Å². The maximum absolute atomic E-state index is 9.44. The minimum atomic E-state index is -1.34. The Morgan fingerprint density at radius 2 is 1.57 bits per heavy atom. The average Bonchev–Trinajstić information content (AvgIpc) is 2.54. The van der Waals surface area contributed by atoms with E-state index in [0.29, 0.717) is 5.75 Å². The van der Waals surface area contributed by atoms with Crippen molar-refractivity contribution >= 4 is 9.04 Å². The quantitative estimate of drug-likeness (QED) is 0.350. The van der Waals surface area contributed by atoms with E-state index < -0.39 is 9.04 Å². The highest BCUT2D eigenvalue weighted by molar-refractivity contribution is 6.50. The van der Waals surface area contributed by atoms with Gasteiger partial charge in [0.15, 0.2) is 5.75 Å². The number of phenolic OH excluding ortho intramolecular Hbond substituents is 1. The molecule has 1 atom stereocenters. The molecule has 0 heterocycles. The Labute approximate surface area is 139 Å². The summed E-state index contributed by atoms with van der Waals surface area (Å²) >= 11 is 0. The molecule has 0 amide bonds. The molecule has 2 aromatic carbocycles. The Morgan fingerprint density at radius 1 is 1.04 bits per heavy atom. The molecule has 0 spiro atoms. The van der Waals surface area contributed by atoms with E-state index >= 15 is 0 Å². The summed E-state index contributed by atoms with van der Waals surface area (Å²) in [5, 5.41) is 9.44. The van der Waals surface area contributed by atoms with Crippen molar-refractivity contribution in [2.75, 3.05) is 0 Å². The van der Waals surface area contributed by atoms with E-state index in [2.05, 4.69) is 27.0 Å². The summed E-state index contributed by atoms with van der Waals surface area (Å²) in [6.07, 6.45) is 1.86. The molecule has 0 bridgehead atoms. The highest BCUT2D eigenvalue weighted by Crippen LogP contribution is 2.33. The van der Waals surface area contributed by atoms with Gasteiger partial charge in [0, 0.05) is 5.41 Å². The van der Waals surface area contributed by atoms with Crippen LogP contribution in [-0.2, 0) is 9.99 Å². The van der Waals surface area contributed by atoms with Crippen molar-refractivity contribution in [3.8, 4) is 11.5 Å². The number of benzene rings is 2. The summed E-state index contributed by atoms with van der Waals surface area (Å²) < 4.78 is 5.43. The Bertz CT molecular complexity index is 633. The number of hydrogen-bond donors (Lipinski definition) is 1. The molecular weight excluding hydrogens is 304 g/mol. The van der Waals surface area contributed by atoms with E-state index in [1.165, 1.54) is 5.56 Å². The summed E-state index contributed by atoms with van der Waals surface area (Å²) in [7, 11) is -1.34. The van der Waals surface area contributed by atoms with E-state index in [4.69, 9.17) is 9.46 Å². The number of aromatic hydroxyl groups is 1. The molecule has 0 aliphatic heterocycles. The third kappa shape index (κ3) is 4.47. The van der Waals surface area contributed by atoms with Gasteiger partial charge < -0.3 is 9.99 Å². The summed E-state index contributed by atoms with van der Waals surface area (Å²) in [6, 6.07) is 16.2. The first kappa shape index (κ1) is 17.3. The van der Waals surface area contributed by atoms with Crippen LogP contribution in [0.5, 0.6) is 11.5 Å². The molecule has 0 saturated heterocycles. The highest BCUT2D eigenvalue weighted by atomic mass is 28.3. The fraction of sp³-hybridized carbons (Fsp3) is 0.263. The highest BCUT2D eigenvalue weighted by Gasteiger charge is 2.23. The van der Waals surface area contributed by atoms with Crippen LogP contribution in [0, 0.1) is 0 Å². The third-order valence-electron chi connectivity index (χ3n) is 3.97. The first-order chi connectivity index (χ1) is 10.9. The summed E-state index contributed by atoms with van der Waals surface area (Å²) in [5.74, 6) is 0.988. The van der Waals surface area contributed by atoms with Crippen molar-refractivity contribution < 1.29 is 14.6 Å². The SMILES string of the molecule is C=CC[SiH](C)OOc1ccc(C(C)(C)c2ccc(O)cc2)cc1. The van der Waals surface area contributed by atoms with Crippen LogP contribution >= 0.6 is 0 Å². The topological polar surface area (TPSA) is 38.7 Å². The Morgan fingerprint density at radius 3 is 2.09 bits per heavy atom. The molecule has 4 heteroatoms. The van der Waals surface area contributed by atoms with Crippen LogP contribution in [0.1, 0.15) is 25.0 Å². The Kier molecular flexibility index (Phi) is 5.63. The van der Waals surface area contributed by atoms with Crippen LogP contribution < -0.4 is 4.89 Å². The molecule has 0 aliphatic rings. The van der Waals surface area contributed by atoms with Crippen LogP contribution in [0.2, 0.25) is 12.6 Å². The second kappa shape index (κ2) is 7.48. The molecule has 23 heavy (non-hydrogen) atoms. The lowest BCUT2D eigenvalue weighted by Gasteiger charge is -2.26. The Balaban J connectivity index is 2.08. The van der Waals surface area contributed by atoms with Crippen LogP contribution in [-0.4, -0.2) is 14.1 Å². The normalized spacial score (nSPS) is 12.7. The molecule has 3 nitrogen and oxygen atoms in total. The third-order valence-corrected chi connectivity index (χ3v) is 5.39.